The monoisotopic (exact) mass is 376 g/mol. The van der Waals surface area contributed by atoms with Crippen molar-refractivity contribution < 1.29 is 8.42 Å². The number of aryl methyl sites for hydroxylation is 1. The van der Waals surface area contributed by atoms with Gasteiger partial charge in [0.25, 0.3) is 0 Å². The van der Waals surface area contributed by atoms with Crippen LogP contribution in [0.2, 0.25) is 0 Å². The maximum atomic E-state index is 12.8. The minimum atomic E-state index is -3.49. The van der Waals surface area contributed by atoms with Gasteiger partial charge in [-0.1, -0.05) is 36.7 Å². The van der Waals surface area contributed by atoms with Crippen LogP contribution in [0.4, 0.5) is 0 Å². The van der Waals surface area contributed by atoms with Gasteiger partial charge in [-0.3, -0.25) is 0 Å². The Bertz CT molecular complexity index is 585. The molecule has 0 aliphatic rings. The second-order valence-corrected chi connectivity index (χ2v) is 8.91. The second kappa shape index (κ2) is 7.22. The van der Waals surface area contributed by atoms with Crippen molar-refractivity contribution in [2.75, 3.05) is 19.6 Å². The number of hydrogen-bond acceptors (Lipinski definition) is 3. The Labute approximate surface area is 136 Å². The van der Waals surface area contributed by atoms with Crippen LogP contribution in [0.25, 0.3) is 0 Å². The van der Waals surface area contributed by atoms with Gasteiger partial charge in [-0.15, -0.1) is 0 Å². The number of halogens is 1. The fourth-order valence-corrected chi connectivity index (χ4v) is 4.06. The summed E-state index contributed by atoms with van der Waals surface area (Å²) in [5.41, 5.74) is 6.41. The molecule has 4 nitrogen and oxygen atoms in total. The van der Waals surface area contributed by atoms with Gasteiger partial charge in [0.05, 0.1) is 4.90 Å². The molecule has 6 heteroatoms. The van der Waals surface area contributed by atoms with Crippen LogP contribution in [-0.2, 0) is 10.0 Å². The number of benzene rings is 1. The smallest absolute Gasteiger partial charge is 0.243 e. The number of hydrogen-bond donors (Lipinski definition) is 1. The van der Waals surface area contributed by atoms with Crippen molar-refractivity contribution in [1.82, 2.24) is 4.31 Å². The largest absolute Gasteiger partial charge is 0.330 e. The van der Waals surface area contributed by atoms with Crippen LogP contribution in [0.1, 0.15) is 32.8 Å². The van der Waals surface area contributed by atoms with Crippen molar-refractivity contribution in [3.05, 3.63) is 28.2 Å². The molecule has 1 rings (SSSR count). The normalized spacial score (nSPS) is 12.9. The van der Waals surface area contributed by atoms with Crippen LogP contribution in [-0.4, -0.2) is 32.4 Å². The molecule has 1 aromatic carbocycles. The predicted octanol–water partition coefficient (Wildman–Crippen LogP) is 3.14. The molecule has 0 heterocycles. The lowest BCUT2D eigenvalue weighted by Gasteiger charge is -2.31. The molecule has 0 bridgehead atoms. The number of sulfonamides is 1. The summed E-state index contributed by atoms with van der Waals surface area (Å²) in [6.45, 7) is 9.20. The van der Waals surface area contributed by atoms with Crippen LogP contribution in [0, 0.1) is 12.3 Å². The summed E-state index contributed by atoms with van der Waals surface area (Å²) >= 11 is 3.40. The number of rotatable bonds is 7. The molecule has 0 aromatic heterocycles. The standard InChI is InChI=1S/C15H25BrN2O2S/c1-5-8-18(11-15(3,4)10-17)21(19,20)13-6-7-14(16)12(2)9-13/h6-7,9H,5,8,10-11,17H2,1-4H3. The van der Waals surface area contributed by atoms with Crippen LogP contribution < -0.4 is 5.73 Å². The van der Waals surface area contributed by atoms with E-state index >= 15 is 0 Å². The molecule has 0 atom stereocenters. The highest BCUT2D eigenvalue weighted by molar-refractivity contribution is 9.10. The van der Waals surface area contributed by atoms with Gasteiger partial charge in [-0.2, -0.15) is 4.31 Å². The molecule has 0 radical (unpaired) electrons. The van der Waals surface area contributed by atoms with E-state index in [4.69, 9.17) is 5.73 Å². The fourth-order valence-electron chi connectivity index (χ4n) is 2.00. The zero-order valence-corrected chi connectivity index (χ0v) is 15.6. The summed E-state index contributed by atoms with van der Waals surface area (Å²) in [7, 11) is -3.49. The van der Waals surface area contributed by atoms with Crippen LogP contribution in [0.5, 0.6) is 0 Å². The Balaban J connectivity index is 3.18. The Morgan fingerprint density at radius 1 is 1.33 bits per heavy atom. The summed E-state index contributed by atoms with van der Waals surface area (Å²) in [5.74, 6) is 0. The van der Waals surface area contributed by atoms with Gasteiger partial charge >= 0.3 is 0 Å². The summed E-state index contributed by atoms with van der Waals surface area (Å²) in [4.78, 5) is 0.337. The SMILES string of the molecule is CCCN(CC(C)(C)CN)S(=O)(=O)c1ccc(Br)c(C)c1. The van der Waals surface area contributed by atoms with E-state index in [0.717, 1.165) is 16.5 Å². The fraction of sp³-hybridized carbons (Fsp3) is 0.600. The molecule has 0 aliphatic heterocycles. The van der Waals surface area contributed by atoms with Crippen molar-refractivity contribution in [3.63, 3.8) is 0 Å². The van der Waals surface area contributed by atoms with Crippen molar-refractivity contribution in [1.29, 1.82) is 0 Å². The van der Waals surface area contributed by atoms with Crippen molar-refractivity contribution in [2.45, 2.75) is 39.0 Å². The van der Waals surface area contributed by atoms with Gasteiger partial charge < -0.3 is 5.73 Å². The van der Waals surface area contributed by atoms with Crippen molar-refractivity contribution in [3.8, 4) is 0 Å². The molecule has 0 saturated heterocycles. The maximum absolute atomic E-state index is 12.8. The molecule has 0 amide bonds. The average Bonchev–Trinajstić information content (AvgIpc) is 2.41. The zero-order chi connectivity index (χ0) is 16.3. The first-order valence-corrected chi connectivity index (χ1v) is 9.34. The van der Waals surface area contributed by atoms with E-state index < -0.39 is 10.0 Å². The van der Waals surface area contributed by atoms with Crippen LogP contribution in [0.15, 0.2) is 27.6 Å². The van der Waals surface area contributed by atoms with Crippen LogP contribution >= 0.6 is 15.9 Å². The molecule has 2 N–H and O–H groups in total. The first kappa shape index (κ1) is 18.6. The highest BCUT2D eigenvalue weighted by Gasteiger charge is 2.29. The number of nitrogens with zero attached hydrogens (tertiary/aromatic N) is 1. The summed E-state index contributed by atoms with van der Waals surface area (Å²) in [6.07, 6.45) is 0.773. The first-order chi connectivity index (χ1) is 9.64. The van der Waals surface area contributed by atoms with Gasteiger partial charge in [-0.25, -0.2) is 8.42 Å². The Morgan fingerprint density at radius 2 is 1.95 bits per heavy atom. The highest BCUT2D eigenvalue weighted by Crippen LogP contribution is 2.25. The maximum Gasteiger partial charge on any atom is 0.243 e. The van der Waals surface area contributed by atoms with Gasteiger partial charge in [0.1, 0.15) is 0 Å². The molecular formula is C15H25BrN2O2S. The van der Waals surface area contributed by atoms with Gasteiger partial charge in [-0.05, 0) is 49.1 Å². The number of nitrogens with two attached hydrogens (primary N) is 1. The summed E-state index contributed by atoms with van der Waals surface area (Å²) in [5, 5.41) is 0. The lowest BCUT2D eigenvalue weighted by atomic mass is 9.94. The zero-order valence-electron chi connectivity index (χ0n) is 13.2. The van der Waals surface area contributed by atoms with Crippen molar-refractivity contribution >= 4 is 26.0 Å². The van der Waals surface area contributed by atoms with E-state index in [9.17, 15) is 8.42 Å². The minimum absolute atomic E-state index is 0.243. The topological polar surface area (TPSA) is 63.4 Å². The molecule has 0 aliphatic carbocycles. The van der Waals surface area contributed by atoms with Crippen LogP contribution in [0.3, 0.4) is 0 Å². The van der Waals surface area contributed by atoms with E-state index in [-0.39, 0.29) is 5.41 Å². The minimum Gasteiger partial charge on any atom is -0.330 e. The predicted molar refractivity (Wildman–Crippen MR) is 90.8 cm³/mol. The molecule has 0 saturated carbocycles. The third-order valence-corrected chi connectivity index (χ3v) is 6.13. The van der Waals surface area contributed by atoms with Gasteiger partial charge in [0, 0.05) is 17.6 Å². The quantitative estimate of drug-likeness (QED) is 0.794. The Kier molecular flexibility index (Phi) is 6.40. The Hall–Kier alpha value is -0.430. The third-order valence-electron chi connectivity index (χ3n) is 3.40. The van der Waals surface area contributed by atoms with E-state index in [1.165, 1.54) is 0 Å². The van der Waals surface area contributed by atoms with Gasteiger partial charge in [0.15, 0.2) is 0 Å². The molecule has 21 heavy (non-hydrogen) atoms. The average molecular weight is 377 g/mol. The lowest BCUT2D eigenvalue weighted by Crippen LogP contribution is -2.42. The van der Waals surface area contributed by atoms with Crippen molar-refractivity contribution in [2.24, 2.45) is 11.1 Å². The van der Waals surface area contributed by atoms with E-state index in [1.54, 1.807) is 22.5 Å². The summed E-state index contributed by atoms with van der Waals surface area (Å²) < 4.78 is 28.2. The second-order valence-electron chi connectivity index (χ2n) is 6.12. The lowest BCUT2D eigenvalue weighted by molar-refractivity contribution is 0.266. The molecule has 0 fully saturated rings. The molecular weight excluding hydrogens is 352 g/mol. The highest BCUT2D eigenvalue weighted by atomic mass is 79.9. The molecule has 120 valence electrons. The summed E-state index contributed by atoms with van der Waals surface area (Å²) in [6, 6.07) is 5.13. The molecule has 0 unspecified atom stereocenters. The third kappa shape index (κ3) is 4.77. The Morgan fingerprint density at radius 3 is 2.43 bits per heavy atom. The first-order valence-electron chi connectivity index (χ1n) is 7.10. The molecule has 1 aromatic rings. The molecule has 0 spiro atoms. The van der Waals surface area contributed by atoms with E-state index in [0.29, 0.717) is 24.5 Å². The van der Waals surface area contributed by atoms with Gasteiger partial charge in [0.2, 0.25) is 10.0 Å². The van der Waals surface area contributed by atoms with E-state index in [1.807, 2.05) is 27.7 Å². The van der Waals surface area contributed by atoms with E-state index in [2.05, 4.69) is 15.9 Å².